The molecule has 1 fully saturated rings. The minimum Gasteiger partial charge on any atom is -0.497 e. The molecule has 1 atom stereocenters. The van der Waals surface area contributed by atoms with E-state index in [0.717, 1.165) is 43.2 Å². The smallest absolute Gasteiger partial charge is 0.164 e. The number of nitrogens with zero attached hydrogens (tertiary/aromatic N) is 4. The summed E-state index contributed by atoms with van der Waals surface area (Å²) in [6, 6.07) is 7.74. The summed E-state index contributed by atoms with van der Waals surface area (Å²) in [7, 11) is 3.74. The summed E-state index contributed by atoms with van der Waals surface area (Å²) < 4.78 is 7.08. The zero-order valence-electron chi connectivity index (χ0n) is 16.3. The van der Waals surface area contributed by atoms with E-state index in [1.165, 1.54) is 0 Å². The van der Waals surface area contributed by atoms with Gasteiger partial charge >= 0.3 is 0 Å². The Morgan fingerprint density at radius 1 is 1.23 bits per heavy atom. The van der Waals surface area contributed by atoms with Crippen molar-refractivity contribution in [2.45, 2.75) is 45.1 Å². The van der Waals surface area contributed by atoms with E-state index in [-0.39, 0.29) is 0 Å². The monoisotopic (exact) mass is 358 g/mol. The Bertz CT molecular complexity index is 718. The molecule has 0 aliphatic carbocycles. The Morgan fingerprint density at radius 3 is 2.46 bits per heavy atom. The molecule has 1 N–H and O–H groups in total. The molecule has 2 aromatic rings. The van der Waals surface area contributed by atoms with Gasteiger partial charge in [-0.1, -0.05) is 20.3 Å². The maximum atomic E-state index is 11.3. The van der Waals surface area contributed by atoms with Gasteiger partial charge in [-0.2, -0.15) is 5.10 Å². The van der Waals surface area contributed by atoms with Crippen LogP contribution in [0.15, 0.2) is 24.3 Å². The third kappa shape index (κ3) is 3.91. The zero-order chi connectivity index (χ0) is 18.7. The van der Waals surface area contributed by atoms with Crippen molar-refractivity contribution < 1.29 is 9.84 Å². The van der Waals surface area contributed by atoms with E-state index >= 15 is 0 Å². The van der Waals surface area contributed by atoms with Crippen LogP contribution in [0.25, 0.3) is 5.69 Å². The van der Waals surface area contributed by atoms with E-state index in [0.29, 0.717) is 24.6 Å². The predicted molar refractivity (Wildman–Crippen MR) is 102 cm³/mol. The summed E-state index contributed by atoms with van der Waals surface area (Å²) >= 11 is 0. The second kappa shape index (κ2) is 7.76. The molecule has 142 valence electrons. The molecule has 1 aliphatic rings. The van der Waals surface area contributed by atoms with Gasteiger partial charge in [0.25, 0.3) is 0 Å². The van der Waals surface area contributed by atoms with Crippen LogP contribution in [-0.2, 0) is 12.0 Å². The molecule has 26 heavy (non-hydrogen) atoms. The number of aromatic nitrogens is 3. The number of likely N-dealkylation sites (tertiary alicyclic amines) is 1. The highest BCUT2D eigenvalue weighted by Crippen LogP contribution is 2.33. The number of rotatable bonds is 6. The molecule has 0 amide bonds. The van der Waals surface area contributed by atoms with Crippen molar-refractivity contribution in [3.63, 3.8) is 0 Å². The number of ether oxygens (including phenoxy) is 1. The molecule has 6 heteroatoms. The van der Waals surface area contributed by atoms with E-state index in [1.807, 2.05) is 28.9 Å². The number of benzene rings is 1. The summed E-state index contributed by atoms with van der Waals surface area (Å²) in [6.45, 7) is 6.09. The van der Waals surface area contributed by atoms with Crippen molar-refractivity contribution >= 4 is 0 Å². The first kappa shape index (κ1) is 18.9. The lowest BCUT2D eigenvalue weighted by Gasteiger charge is -2.35. The highest BCUT2D eigenvalue weighted by atomic mass is 16.5. The molecule has 1 aromatic carbocycles. The summed E-state index contributed by atoms with van der Waals surface area (Å²) in [5.41, 5.74) is -0.0382. The molecule has 1 saturated heterocycles. The van der Waals surface area contributed by atoms with Crippen molar-refractivity contribution in [1.29, 1.82) is 0 Å². The van der Waals surface area contributed by atoms with Gasteiger partial charge in [0, 0.05) is 19.5 Å². The first-order chi connectivity index (χ1) is 12.4. The number of aliphatic hydroxyl groups is 1. The first-order valence-electron chi connectivity index (χ1n) is 9.47. The molecule has 3 rings (SSSR count). The second-order valence-electron chi connectivity index (χ2n) is 7.51. The quantitative estimate of drug-likeness (QED) is 0.860. The van der Waals surface area contributed by atoms with Crippen LogP contribution < -0.4 is 4.74 Å². The van der Waals surface area contributed by atoms with E-state index in [1.54, 1.807) is 7.11 Å². The maximum absolute atomic E-state index is 11.3. The molecule has 0 radical (unpaired) electrons. The van der Waals surface area contributed by atoms with Crippen LogP contribution in [0.3, 0.4) is 0 Å². The van der Waals surface area contributed by atoms with Gasteiger partial charge in [-0.25, -0.2) is 9.67 Å². The largest absolute Gasteiger partial charge is 0.497 e. The van der Waals surface area contributed by atoms with Crippen LogP contribution in [-0.4, -0.2) is 52.0 Å². The Hall–Kier alpha value is -1.92. The Morgan fingerprint density at radius 2 is 1.88 bits per heavy atom. The highest BCUT2D eigenvalue weighted by Gasteiger charge is 2.38. The van der Waals surface area contributed by atoms with Crippen molar-refractivity contribution in [3.8, 4) is 11.4 Å². The lowest BCUT2D eigenvalue weighted by Crippen LogP contribution is -2.42. The van der Waals surface area contributed by atoms with E-state index in [2.05, 4.69) is 25.8 Å². The van der Waals surface area contributed by atoms with Gasteiger partial charge in [-0.15, -0.1) is 0 Å². The van der Waals surface area contributed by atoms with Crippen LogP contribution in [0.1, 0.15) is 44.8 Å². The highest BCUT2D eigenvalue weighted by molar-refractivity contribution is 5.38. The summed E-state index contributed by atoms with van der Waals surface area (Å²) in [5, 5.41) is 16.1. The molecular weight excluding hydrogens is 328 g/mol. The van der Waals surface area contributed by atoms with Crippen molar-refractivity contribution in [2.24, 2.45) is 5.92 Å². The maximum Gasteiger partial charge on any atom is 0.164 e. The van der Waals surface area contributed by atoms with Crippen LogP contribution in [0.2, 0.25) is 0 Å². The topological polar surface area (TPSA) is 63.4 Å². The summed E-state index contributed by atoms with van der Waals surface area (Å²) in [6.07, 6.45) is 3.24. The third-order valence-electron chi connectivity index (χ3n) is 5.43. The molecule has 1 aliphatic heterocycles. The average Bonchev–Trinajstić information content (AvgIpc) is 3.09. The van der Waals surface area contributed by atoms with Gasteiger partial charge in [0.15, 0.2) is 11.6 Å². The Kier molecular flexibility index (Phi) is 5.63. The van der Waals surface area contributed by atoms with Crippen molar-refractivity contribution in [1.82, 2.24) is 19.7 Å². The van der Waals surface area contributed by atoms with Gasteiger partial charge in [0.05, 0.1) is 12.8 Å². The Labute approximate surface area is 155 Å². The molecule has 0 bridgehead atoms. The molecule has 0 saturated carbocycles. The molecular formula is C20H30N4O2. The molecule has 1 unspecified atom stereocenters. The predicted octanol–water partition coefficient (Wildman–Crippen LogP) is 2.78. The van der Waals surface area contributed by atoms with Gasteiger partial charge in [0.2, 0.25) is 0 Å². The number of hydrogen-bond acceptors (Lipinski definition) is 5. The lowest BCUT2D eigenvalue weighted by atomic mass is 9.90. The lowest BCUT2D eigenvalue weighted by molar-refractivity contribution is -0.0293. The third-order valence-corrected chi connectivity index (χ3v) is 5.43. The molecule has 2 heterocycles. The fourth-order valence-electron chi connectivity index (χ4n) is 3.31. The molecule has 1 aromatic heterocycles. The van der Waals surface area contributed by atoms with Crippen molar-refractivity contribution in [2.75, 3.05) is 27.2 Å². The van der Waals surface area contributed by atoms with E-state index in [4.69, 9.17) is 14.8 Å². The fourth-order valence-corrected chi connectivity index (χ4v) is 3.31. The summed E-state index contributed by atoms with van der Waals surface area (Å²) in [5.74, 6) is 2.78. The first-order valence-corrected chi connectivity index (χ1v) is 9.47. The fraction of sp³-hybridized carbons (Fsp3) is 0.600. The number of hydrogen-bond donors (Lipinski definition) is 1. The number of methoxy groups -OCH3 is 1. The minimum absolute atomic E-state index is 0.515. The van der Waals surface area contributed by atoms with Crippen LogP contribution in [0.4, 0.5) is 0 Å². The zero-order valence-corrected chi connectivity index (χ0v) is 16.3. The average molecular weight is 358 g/mol. The Balaban J connectivity index is 1.99. The van der Waals surface area contributed by atoms with Gasteiger partial charge in [-0.3, -0.25) is 0 Å². The van der Waals surface area contributed by atoms with Crippen LogP contribution >= 0.6 is 0 Å². The molecule has 6 nitrogen and oxygen atoms in total. The second-order valence-corrected chi connectivity index (χ2v) is 7.51. The SMILES string of the molecule is CCC(C)Cc1nc(C2(O)CCN(C)CC2)n(-c2ccc(OC)cc2)n1. The minimum atomic E-state index is -0.937. The number of piperidine rings is 1. The summed E-state index contributed by atoms with van der Waals surface area (Å²) in [4.78, 5) is 7.03. The van der Waals surface area contributed by atoms with Crippen molar-refractivity contribution in [3.05, 3.63) is 35.9 Å². The van der Waals surface area contributed by atoms with Gasteiger partial charge < -0.3 is 14.7 Å². The van der Waals surface area contributed by atoms with Crippen LogP contribution in [0, 0.1) is 5.92 Å². The molecule has 0 spiro atoms. The van der Waals surface area contributed by atoms with E-state index < -0.39 is 5.60 Å². The van der Waals surface area contributed by atoms with Gasteiger partial charge in [0.1, 0.15) is 11.4 Å². The van der Waals surface area contributed by atoms with Gasteiger partial charge in [-0.05, 0) is 50.1 Å². The normalized spacial score (nSPS) is 18.7. The van der Waals surface area contributed by atoms with Crippen LogP contribution in [0.5, 0.6) is 5.75 Å². The standard InChI is InChI=1S/C20H30N4O2/c1-5-15(2)14-18-21-19(20(25)10-12-23(3)13-11-20)24(22-18)16-6-8-17(26-4)9-7-16/h6-9,15,25H,5,10-14H2,1-4H3. The van der Waals surface area contributed by atoms with E-state index in [9.17, 15) is 5.11 Å².